The number of hydrogen-bond donors (Lipinski definition) is 1. The monoisotopic (exact) mass is 237 g/mol. The van der Waals surface area contributed by atoms with Crippen LogP contribution in [0.15, 0.2) is 24.3 Å². The first-order valence-corrected chi connectivity index (χ1v) is 5.47. The number of alkyl halides is 1. The van der Waals surface area contributed by atoms with E-state index in [1.807, 2.05) is 19.1 Å². The lowest BCUT2D eigenvalue weighted by Crippen LogP contribution is -2.04. The molecule has 1 heterocycles. The topological polar surface area (TPSA) is 50.9 Å². The molecule has 0 saturated heterocycles. The molecule has 0 radical (unpaired) electrons. The number of aromatic hydroxyl groups is 1. The molecule has 1 aromatic heterocycles. The van der Waals surface area contributed by atoms with E-state index in [0.717, 1.165) is 17.0 Å². The molecular weight excluding hydrogens is 226 g/mol. The summed E-state index contributed by atoms with van der Waals surface area (Å²) in [5.74, 6) is 0.622. The molecule has 2 rings (SSSR count). The maximum absolute atomic E-state index is 9.64. The van der Waals surface area contributed by atoms with E-state index >= 15 is 0 Å². The van der Waals surface area contributed by atoms with Crippen molar-refractivity contribution in [2.24, 2.45) is 0 Å². The summed E-state index contributed by atoms with van der Waals surface area (Å²) in [6.07, 6.45) is 0. The molecule has 0 aliphatic heterocycles. The molecule has 0 bridgehead atoms. The van der Waals surface area contributed by atoms with Gasteiger partial charge in [0, 0.05) is 5.56 Å². The quantitative estimate of drug-likeness (QED) is 0.832. The molecule has 0 saturated carbocycles. The smallest absolute Gasteiger partial charge is 0.120 e. The van der Waals surface area contributed by atoms with Crippen molar-refractivity contribution >= 4 is 11.6 Å². The Labute approximate surface area is 98.5 Å². The van der Waals surface area contributed by atoms with Crippen molar-refractivity contribution in [3.63, 3.8) is 0 Å². The van der Waals surface area contributed by atoms with Crippen LogP contribution in [0.4, 0.5) is 0 Å². The zero-order valence-electron chi connectivity index (χ0n) is 8.89. The minimum atomic E-state index is 0.268. The Bertz CT molecular complexity index is 496. The van der Waals surface area contributed by atoms with Crippen LogP contribution in [-0.4, -0.2) is 20.1 Å². The first kappa shape index (κ1) is 11.0. The predicted octanol–water partition coefficient (Wildman–Crippen LogP) is 2.08. The summed E-state index contributed by atoms with van der Waals surface area (Å²) in [5.41, 5.74) is 2.52. The van der Waals surface area contributed by atoms with Gasteiger partial charge in [-0.15, -0.1) is 16.7 Å². The van der Waals surface area contributed by atoms with E-state index < -0.39 is 0 Å². The Balaban J connectivity index is 2.27. The second kappa shape index (κ2) is 4.53. The van der Waals surface area contributed by atoms with Crippen LogP contribution in [0.5, 0.6) is 5.75 Å². The largest absolute Gasteiger partial charge is 0.508 e. The van der Waals surface area contributed by atoms with Crippen molar-refractivity contribution in [2.75, 3.05) is 0 Å². The minimum absolute atomic E-state index is 0.268. The van der Waals surface area contributed by atoms with Gasteiger partial charge in [-0.2, -0.15) is 0 Å². The van der Waals surface area contributed by atoms with E-state index in [1.54, 1.807) is 16.8 Å². The van der Waals surface area contributed by atoms with E-state index in [1.165, 1.54) is 0 Å². The number of hydrogen-bond acceptors (Lipinski definition) is 3. The molecule has 0 spiro atoms. The van der Waals surface area contributed by atoms with Crippen molar-refractivity contribution in [1.82, 2.24) is 15.0 Å². The van der Waals surface area contributed by atoms with Gasteiger partial charge in [-0.25, -0.2) is 4.68 Å². The van der Waals surface area contributed by atoms with Gasteiger partial charge in [0.25, 0.3) is 0 Å². The number of halogens is 1. The maximum atomic E-state index is 9.64. The molecule has 0 aliphatic rings. The van der Waals surface area contributed by atoms with Gasteiger partial charge in [0.1, 0.15) is 11.4 Å². The first-order chi connectivity index (χ1) is 7.72. The number of nitrogens with zero attached hydrogens (tertiary/aromatic N) is 3. The SMILES string of the molecule is Cc1c(CCl)nnn1Cc1ccccc1O. The Morgan fingerprint density at radius 1 is 1.38 bits per heavy atom. The Hall–Kier alpha value is -1.55. The summed E-state index contributed by atoms with van der Waals surface area (Å²) in [6, 6.07) is 7.18. The average Bonchev–Trinajstić information content (AvgIpc) is 2.63. The van der Waals surface area contributed by atoms with Crippen LogP contribution in [0.25, 0.3) is 0 Å². The molecular formula is C11H12ClN3O. The van der Waals surface area contributed by atoms with Gasteiger partial charge < -0.3 is 5.11 Å². The summed E-state index contributed by atoms with van der Waals surface area (Å²) < 4.78 is 1.73. The molecule has 2 aromatic rings. The highest BCUT2D eigenvalue weighted by Crippen LogP contribution is 2.17. The number of phenolic OH excluding ortho intramolecular Hbond substituents is 1. The number of phenols is 1. The van der Waals surface area contributed by atoms with Crippen molar-refractivity contribution in [3.8, 4) is 5.75 Å². The van der Waals surface area contributed by atoms with Crippen LogP contribution in [0, 0.1) is 6.92 Å². The second-order valence-corrected chi connectivity index (χ2v) is 3.81. The number of aromatic nitrogens is 3. The molecule has 0 amide bonds. The lowest BCUT2D eigenvalue weighted by molar-refractivity contribution is 0.462. The van der Waals surface area contributed by atoms with E-state index in [0.29, 0.717) is 12.4 Å². The van der Waals surface area contributed by atoms with Gasteiger partial charge >= 0.3 is 0 Å². The van der Waals surface area contributed by atoms with Crippen molar-refractivity contribution in [3.05, 3.63) is 41.2 Å². The van der Waals surface area contributed by atoms with Gasteiger partial charge in [-0.05, 0) is 13.0 Å². The standard InChI is InChI=1S/C11H12ClN3O/c1-8-10(6-12)13-14-15(8)7-9-4-2-3-5-11(9)16/h2-5,16H,6-7H2,1H3. The Morgan fingerprint density at radius 3 is 2.75 bits per heavy atom. The van der Waals surface area contributed by atoms with Crippen LogP contribution < -0.4 is 0 Å². The highest BCUT2D eigenvalue weighted by Gasteiger charge is 2.09. The van der Waals surface area contributed by atoms with Gasteiger partial charge in [-0.3, -0.25) is 0 Å². The highest BCUT2D eigenvalue weighted by molar-refractivity contribution is 6.16. The van der Waals surface area contributed by atoms with Crippen LogP contribution in [0.3, 0.4) is 0 Å². The first-order valence-electron chi connectivity index (χ1n) is 4.94. The van der Waals surface area contributed by atoms with Crippen molar-refractivity contribution in [1.29, 1.82) is 0 Å². The number of benzene rings is 1. The predicted molar refractivity (Wildman–Crippen MR) is 61.5 cm³/mol. The maximum Gasteiger partial charge on any atom is 0.120 e. The molecule has 84 valence electrons. The van der Waals surface area contributed by atoms with Crippen LogP contribution in [-0.2, 0) is 12.4 Å². The van der Waals surface area contributed by atoms with Crippen LogP contribution >= 0.6 is 11.6 Å². The molecule has 0 fully saturated rings. The zero-order valence-corrected chi connectivity index (χ0v) is 9.65. The summed E-state index contributed by atoms with van der Waals surface area (Å²) >= 11 is 5.71. The summed E-state index contributed by atoms with van der Waals surface area (Å²) in [4.78, 5) is 0. The highest BCUT2D eigenvalue weighted by atomic mass is 35.5. The number of rotatable bonds is 3. The summed E-state index contributed by atoms with van der Waals surface area (Å²) in [6.45, 7) is 2.42. The van der Waals surface area contributed by atoms with E-state index in [4.69, 9.17) is 11.6 Å². The van der Waals surface area contributed by atoms with E-state index in [9.17, 15) is 5.11 Å². The molecule has 0 unspecified atom stereocenters. The third-order valence-electron chi connectivity index (χ3n) is 2.52. The molecule has 0 aliphatic carbocycles. The Kier molecular flexibility index (Phi) is 3.10. The molecule has 0 atom stereocenters. The molecule has 4 nitrogen and oxygen atoms in total. The number of para-hydroxylation sites is 1. The van der Waals surface area contributed by atoms with Gasteiger partial charge in [0.2, 0.25) is 0 Å². The summed E-state index contributed by atoms with van der Waals surface area (Å²) in [7, 11) is 0. The summed E-state index contributed by atoms with van der Waals surface area (Å²) in [5, 5.41) is 17.6. The third kappa shape index (κ3) is 2.02. The molecule has 16 heavy (non-hydrogen) atoms. The van der Waals surface area contributed by atoms with E-state index in [2.05, 4.69) is 10.3 Å². The lowest BCUT2D eigenvalue weighted by Gasteiger charge is -2.05. The van der Waals surface area contributed by atoms with Gasteiger partial charge in [-0.1, -0.05) is 23.4 Å². The van der Waals surface area contributed by atoms with Crippen molar-refractivity contribution in [2.45, 2.75) is 19.3 Å². The van der Waals surface area contributed by atoms with Crippen molar-refractivity contribution < 1.29 is 5.11 Å². The normalized spacial score (nSPS) is 10.6. The fourth-order valence-corrected chi connectivity index (χ4v) is 1.72. The zero-order chi connectivity index (χ0) is 11.5. The minimum Gasteiger partial charge on any atom is -0.508 e. The van der Waals surface area contributed by atoms with Gasteiger partial charge in [0.15, 0.2) is 0 Å². The fourth-order valence-electron chi connectivity index (χ4n) is 1.48. The molecule has 1 N–H and O–H groups in total. The second-order valence-electron chi connectivity index (χ2n) is 3.54. The van der Waals surface area contributed by atoms with Crippen LogP contribution in [0.2, 0.25) is 0 Å². The fraction of sp³-hybridized carbons (Fsp3) is 0.273. The molecule has 5 heteroatoms. The average molecular weight is 238 g/mol. The van der Waals surface area contributed by atoms with Gasteiger partial charge in [0.05, 0.1) is 18.1 Å². The molecule has 1 aromatic carbocycles. The lowest BCUT2D eigenvalue weighted by atomic mass is 10.2. The van der Waals surface area contributed by atoms with Crippen LogP contribution in [0.1, 0.15) is 17.0 Å². The Morgan fingerprint density at radius 2 is 2.12 bits per heavy atom. The third-order valence-corrected chi connectivity index (χ3v) is 2.77. The van der Waals surface area contributed by atoms with E-state index in [-0.39, 0.29) is 5.75 Å².